The van der Waals surface area contributed by atoms with Gasteiger partial charge in [-0.2, -0.15) is 0 Å². The van der Waals surface area contributed by atoms with Gasteiger partial charge >= 0.3 is 0 Å². The molecule has 28 heavy (non-hydrogen) atoms. The van der Waals surface area contributed by atoms with Gasteiger partial charge in [0.1, 0.15) is 6.54 Å². The standard InChI is InChI=1S/C8H14N4O.C7H8.C4H10.2C2H6/c1-3-9-4-8-6-12(11-10-8)5-7(2)13;1-7-5-3-2-4-6-7;1-4(2)3;2*1-2/h6,9H,3-5H2,1-2H3;2-6H,1H3;4H,1-3H3;2*1-2H3. The normalized spacial score (nSPS) is 8.68. The van der Waals surface area contributed by atoms with Gasteiger partial charge in [-0.15, -0.1) is 5.10 Å². The fraction of sp³-hybridized carbons (Fsp3) is 0.609. The van der Waals surface area contributed by atoms with Crippen molar-refractivity contribution in [2.75, 3.05) is 6.54 Å². The van der Waals surface area contributed by atoms with Crippen molar-refractivity contribution in [1.82, 2.24) is 20.3 Å². The first kappa shape index (κ1) is 30.7. The van der Waals surface area contributed by atoms with Crippen LogP contribution in [0.2, 0.25) is 0 Å². The van der Waals surface area contributed by atoms with E-state index < -0.39 is 0 Å². The van der Waals surface area contributed by atoms with Crippen LogP contribution in [0.15, 0.2) is 36.5 Å². The average Bonchev–Trinajstić information content (AvgIpc) is 3.10. The van der Waals surface area contributed by atoms with Crippen molar-refractivity contribution in [3.63, 3.8) is 0 Å². The van der Waals surface area contributed by atoms with Gasteiger partial charge in [-0.3, -0.25) is 4.79 Å². The Bertz CT molecular complexity index is 548. The van der Waals surface area contributed by atoms with Crippen LogP contribution < -0.4 is 5.32 Å². The van der Waals surface area contributed by atoms with E-state index in [0.717, 1.165) is 18.2 Å². The average molecular weight is 393 g/mol. The van der Waals surface area contributed by atoms with E-state index in [-0.39, 0.29) is 5.78 Å². The fourth-order valence-corrected chi connectivity index (χ4v) is 1.51. The van der Waals surface area contributed by atoms with Gasteiger partial charge in [-0.1, -0.05) is 96.5 Å². The van der Waals surface area contributed by atoms with Crippen LogP contribution in [0.1, 0.15) is 73.6 Å². The molecule has 0 atom stereocenters. The van der Waals surface area contributed by atoms with Crippen molar-refractivity contribution >= 4 is 5.78 Å². The Labute approximate surface area is 173 Å². The molecule has 0 saturated carbocycles. The lowest BCUT2D eigenvalue weighted by Crippen LogP contribution is -2.12. The molecule has 0 aliphatic rings. The van der Waals surface area contributed by atoms with Gasteiger partial charge in [0.05, 0.1) is 11.9 Å². The number of hydrogen-bond donors (Lipinski definition) is 1. The molecule has 0 unspecified atom stereocenters. The highest BCUT2D eigenvalue weighted by molar-refractivity contribution is 5.75. The molecule has 0 bridgehead atoms. The lowest BCUT2D eigenvalue weighted by Gasteiger charge is -1.94. The van der Waals surface area contributed by atoms with Crippen molar-refractivity contribution in [1.29, 1.82) is 0 Å². The molecule has 0 fully saturated rings. The maximum Gasteiger partial charge on any atom is 0.151 e. The number of carbonyl (C=O) groups excluding carboxylic acids is 1. The molecule has 0 amide bonds. The smallest absolute Gasteiger partial charge is 0.151 e. The number of carbonyl (C=O) groups is 1. The molecule has 2 rings (SSSR count). The highest BCUT2D eigenvalue weighted by Crippen LogP contribution is 1.93. The molecule has 0 aliphatic heterocycles. The summed E-state index contributed by atoms with van der Waals surface area (Å²) in [6.45, 7) is 22.1. The summed E-state index contributed by atoms with van der Waals surface area (Å²) in [4.78, 5) is 10.7. The molecule has 5 nitrogen and oxygen atoms in total. The SMILES string of the molecule is CC.CC.CC(C)C.CCNCc1cn(CC(C)=O)nn1.Cc1ccccc1. The highest BCUT2D eigenvalue weighted by Gasteiger charge is 2.01. The van der Waals surface area contributed by atoms with Crippen LogP contribution >= 0.6 is 0 Å². The van der Waals surface area contributed by atoms with E-state index >= 15 is 0 Å². The molecular weight excluding hydrogens is 348 g/mol. The lowest BCUT2D eigenvalue weighted by molar-refractivity contribution is -0.117. The van der Waals surface area contributed by atoms with Gasteiger partial charge in [0.15, 0.2) is 5.78 Å². The summed E-state index contributed by atoms with van der Waals surface area (Å²) in [6.07, 6.45) is 1.78. The maximum absolute atomic E-state index is 10.7. The number of hydrogen-bond acceptors (Lipinski definition) is 4. The maximum atomic E-state index is 10.7. The Morgan fingerprint density at radius 3 is 1.93 bits per heavy atom. The number of benzene rings is 1. The molecular formula is C23H44N4O. The van der Waals surface area contributed by atoms with Crippen molar-refractivity contribution in [2.45, 2.75) is 82.3 Å². The molecule has 1 aromatic heterocycles. The van der Waals surface area contributed by atoms with Gasteiger partial charge in [0.2, 0.25) is 0 Å². The number of aryl methyl sites for hydroxylation is 1. The quantitative estimate of drug-likeness (QED) is 0.710. The minimum atomic E-state index is 0.0832. The number of nitrogens with one attached hydrogen (secondary N) is 1. The summed E-state index contributed by atoms with van der Waals surface area (Å²) in [5.41, 5.74) is 2.19. The minimum absolute atomic E-state index is 0.0832. The molecule has 5 heteroatoms. The van der Waals surface area contributed by atoms with Crippen molar-refractivity contribution < 1.29 is 4.79 Å². The van der Waals surface area contributed by atoms with Crippen LogP contribution in [0.5, 0.6) is 0 Å². The molecule has 1 aromatic carbocycles. The van der Waals surface area contributed by atoms with E-state index in [1.54, 1.807) is 10.9 Å². The summed E-state index contributed by atoms with van der Waals surface area (Å²) in [7, 11) is 0. The molecule has 1 heterocycles. The Kier molecular flexibility index (Phi) is 25.3. The zero-order valence-electron chi connectivity index (χ0n) is 19.9. The van der Waals surface area contributed by atoms with E-state index in [4.69, 9.17) is 0 Å². The predicted octanol–water partition coefficient (Wildman–Crippen LogP) is 5.69. The number of rotatable bonds is 5. The van der Waals surface area contributed by atoms with Gasteiger partial charge in [-0.25, -0.2) is 4.68 Å². The third-order valence-corrected chi connectivity index (χ3v) is 2.47. The highest BCUT2D eigenvalue weighted by atomic mass is 16.1. The molecule has 162 valence electrons. The second-order valence-corrected chi connectivity index (χ2v) is 6.28. The second-order valence-electron chi connectivity index (χ2n) is 6.28. The van der Waals surface area contributed by atoms with Crippen LogP contribution in [-0.2, 0) is 17.9 Å². The Balaban J connectivity index is -0.000000350. The number of Topliss-reactive ketones (excluding diaryl/α,β-unsaturated/α-hetero) is 1. The number of ketones is 1. The summed E-state index contributed by atoms with van der Waals surface area (Å²) in [5.74, 6) is 0.917. The minimum Gasteiger partial charge on any atom is -0.311 e. The van der Waals surface area contributed by atoms with E-state index in [1.807, 2.05) is 52.8 Å². The van der Waals surface area contributed by atoms with Crippen LogP contribution in [-0.4, -0.2) is 27.3 Å². The van der Waals surface area contributed by atoms with E-state index in [9.17, 15) is 4.79 Å². The first-order chi connectivity index (χ1) is 13.3. The fourth-order valence-electron chi connectivity index (χ4n) is 1.51. The van der Waals surface area contributed by atoms with Crippen LogP contribution in [0.4, 0.5) is 0 Å². The molecule has 0 radical (unpaired) electrons. The predicted molar refractivity (Wildman–Crippen MR) is 122 cm³/mol. The molecule has 1 N–H and O–H groups in total. The molecule has 0 aliphatic carbocycles. The molecule has 2 aromatic rings. The van der Waals surface area contributed by atoms with Gasteiger partial charge in [0, 0.05) is 6.54 Å². The van der Waals surface area contributed by atoms with Crippen molar-refractivity contribution in [3.05, 3.63) is 47.8 Å². The number of nitrogens with zero attached hydrogens (tertiary/aromatic N) is 3. The summed E-state index contributed by atoms with van der Waals surface area (Å²) in [5, 5.41) is 10.9. The van der Waals surface area contributed by atoms with E-state index in [1.165, 1.54) is 12.5 Å². The lowest BCUT2D eigenvalue weighted by atomic mass is 10.2. The summed E-state index contributed by atoms with van der Waals surface area (Å²) in [6, 6.07) is 10.3. The third-order valence-electron chi connectivity index (χ3n) is 2.47. The Morgan fingerprint density at radius 1 is 1.07 bits per heavy atom. The topological polar surface area (TPSA) is 59.8 Å². The van der Waals surface area contributed by atoms with Gasteiger partial charge in [0.25, 0.3) is 0 Å². The second kappa shape index (κ2) is 23.0. The van der Waals surface area contributed by atoms with Gasteiger partial charge < -0.3 is 5.32 Å². The van der Waals surface area contributed by atoms with Crippen LogP contribution in [0.3, 0.4) is 0 Å². The Morgan fingerprint density at radius 2 is 1.57 bits per heavy atom. The third kappa shape index (κ3) is 24.0. The Hall–Kier alpha value is -2.01. The van der Waals surface area contributed by atoms with Crippen molar-refractivity contribution in [2.24, 2.45) is 5.92 Å². The van der Waals surface area contributed by atoms with Gasteiger partial charge in [-0.05, 0) is 26.3 Å². The van der Waals surface area contributed by atoms with Crippen LogP contribution in [0, 0.1) is 12.8 Å². The number of aromatic nitrogens is 3. The van der Waals surface area contributed by atoms with Crippen molar-refractivity contribution in [3.8, 4) is 0 Å². The summed E-state index contributed by atoms with van der Waals surface area (Å²) >= 11 is 0. The van der Waals surface area contributed by atoms with Crippen LogP contribution in [0.25, 0.3) is 0 Å². The monoisotopic (exact) mass is 392 g/mol. The largest absolute Gasteiger partial charge is 0.311 e. The molecule has 0 saturated heterocycles. The summed E-state index contributed by atoms with van der Waals surface area (Å²) < 4.78 is 1.55. The van der Waals surface area contributed by atoms with E-state index in [2.05, 4.69) is 55.5 Å². The first-order valence-corrected chi connectivity index (χ1v) is 10.5. The molecule has 0 spiro atoms. The zero-order valence-corrected chi connectivity index (χ0v) is 19.9. The first-order valence-electron chi connectivity index (χ1n) is 10.5. The zero-order chi connectivity index (χ0) is 22.4. The van der Waals surface area contributed by atoms with E-state index in [0.29, 0.717) is 13.1 Å².